The fraction of sp³-hybridized carbons (Fsp3) is 0.0769. The zero-order valence-electron chi connectivity index (χ0n) is 10.2. The Hall–Kier alpha value is -1.63. The maximum atomic E-state index is 6.09. The first-order valence-electron chi connectivity index (χ1n) is 5.77. The van der Waals surface area contributed by atoms with E-state index >= 15 is 0 Å². The van der Waals surface area contributed by atoms with Gasteiger partial charge in [-0.1, -0.05) is 23.8 Å². The summed E-state index contributed by atoms with van der Waals surface area (Å²) in [5.74, 6) is 0.659. The van der Waals surface area contributed by atoms with E-state index in [2.05, 4.69) is 4.98 Å². The van der Waals surface area contributed by atoms with Crippen molar-refractivity contribution in [3.8, 4) is 5.75 Å². The van der Waals surface area contributed by atoms with Crippen LogP contribution in [0.5, 0.6) is 5.75 Å². The monoisotopic (exact) mass is 323 g/mol. The maximum Gasteiger partial charge on any atom is 0.193 e. The molecular weight excluding hydrogens is 314 g/mol. The van der Waals surface area contributed by atoms with Crippen LogP contribution in [0.1, 0.15) is 11.3 Å². The van der Waals surface area contributed by atoms with Gasteiger partial charge in [-0.05, 0) is 18.2 Å². The number of halogens is 1. The summed E-state index contributed by atoms with van der Waals surface area (Å²) in [6.07, 6.45) is 3.90. The predicted molar refractivity (Wildman–Crippen MR) is 84.7 cm³/mol. The molecule has 0 radical (unpaired) electrons. The van der Waals surface area contributed by atoms with Gasteiger partial charge in [0.05, 0.1) is 10.7 Å². The number of aromatic nitrogens is 2. The van der Waals surface area contributed by atoms with Crippen LogP contribution in [0.25, 0.3) is 4.96 Å². The van der Waals surface area contributed by atoms with Crippen LogP contribution in [-0.4, -0.2) is 14.4 Å². The van der Waals surface area contributed by atoms with Crippen LogP contribution in [0.3, 0.4) is 0 Å². The Balaban J connectivity index is 1.73. The van der Waals surface area contributed by atoms with Crippen LogP contribution in [0.15, 0.2) is 36.0 Å². The van der Waals surface area contributed by atoms with E-state index < -0.39 is 0 Å². The molecule has 0 aliphatic rings. The van der Waals surface area contributed by atoms with Gasteiger partial charge in [0, 0.05) is 23.3 Å². The SMILES string of the molecule is NC(=S)c1ccc(OCc2cn3ccsc3n2)cc1Cl. The lowest BCUT2D eigenvalue weighted by atomic mass is 10.2. The van der Waals surface area contributed by atoms with Crippen LogP contribution in [0.4, 0.5) is 0 Å². The van der Waals surface area contributed by atoms with Gasteiger partial charge in [-0.25, -0.2) is 4.98 Å². The molecule has 3 aromatic rings. The highest BCUT2D eigenvalue weighted by Crippen LogP contribution is 2.23. The van der Waals surface area contributed by atoms with Crippen molar-refractivity contribution in [2.24, 2.45) is 5.73 Å². The minimum absolute atomic E-state index is 0.274. The standard InChI is InChI=1S/C13H10ClN3OS2/c14-11-5-9(1-2-10(11)12(15)19)18-7-8-6-17-3-4-20-13(17)16-8/h1-6H,7H2,(H2,15,19). The van der Waals surface area contributed by atoms with Gasteiger partial charge in [-0.2, -0.15) is 0 Å². The van der Waals surface area contributed by atoms with Crippen molar-refractivity contribution in [3.05, 3.63) is 52.3 Å². The molecule has 0 atom stereocenters. The molecule has 0 aliphatic carbocycles. The van der Waals surface area contributed by atoms with E-state index in [1.54, 1.807) is 29.5 Å². The lowest BCUT2D eigenvalue weighted by Gasteiger charge is -2.07. The zero-order valence-corrected chi connectivity index (χ0v) is 12.6. The lowest BCUT2D eigenvalue weighted by molar-refractivity contribution is 0.302. The second-order valence-electron chi connectivity index (χ2n) is 4.12. The number of fused-ring (bicyclic) bond motifs is 1. The third-order valence-electron chi connectivity index (χ3n) is 2.74. The number of thiocarbonyl (C=S) groups is 1. The second-order valence-corrected chi connectivity index (χ2v) is 5.84. The summed E-state index contributed by atoms with van der Waals surface area (Å²) in [6, 6.07) is 5.25. The largest absolute Gasteiger partial charge is 0.487 e. The van der Waals surface area contributed by atoms with E-state index in [-0.39, 0.29) is 4.99 Å². The summed E-state index contributed by atoms with van der Waals surface area (Å²) in [4.78, 5) is 5.66. The molecule has 0 unspecified atom stereocenters. The molecule has 1 aromatic carbocycles. The number of benzene rings is 1. The molecule has 0 amide bonds. The zero-order chi connectivity index (χ0) is 14.1. The van der Waals surface area contributed by atoms with Crippen LogP contribution in [-0.2, 0) is 6.61 Å². The van der Waals surface area contributed by atoms with Gasteiger partial charge in [-0.15, -0.1) is 11.3 Å². The molecule has 2 N–H and O–H groups in total. The highest BCUT2D eigenvalue weighted by molar-refractivity contribution is 7.80. The van der Waals surface area contributed by atoms with Gasteiger partial charge in [0.2, 0.25) is 0 Å². The van der Waals surface area contributed by atoms with Crippen LogP contribution in [0, 0.1) is 0 Å². The van der Waals surface area contributed by atoms with E-state index in [9.17, 15) is 0 Å². The van der Waals surface area contributed by atoms with Crippen molar-refractivity contribution in [1.29, 1.82) is 0 Å². The fourth-order valence-corrected chi connectivity index (χ4v) is 3.01. The molecule has 0 bridgehead atoms. The number of hydrogen-bond acceptors (Lipinski definition) is 4. The minimum Gasteiger partial charge on any atom is -0.487 e. The molecule has 0 saturated carbocycles. The number of ether oxygens (including phenoxy) is 1. The summed E-state index contributed by atoms with van der Waals surface area (Å²) >= 11 is 12.6. The topological polar surface area (TPSA) is 52.5 Å². The molecule has 102 valence electrons. The minimum atomic E-state index is 0.274. The Morgan fingerprint density at radius 3 is 3.05 bits per heavy atom. The van der Waals surface area contributed by atoms with Gasteiger partial charge < -0.3 is 10.5 Å². The molecule has 2 heterocycles. The first kappa shape index (κ1) is 13.4. The molecule has 4 nitrogen and oxygen atoms in total. The highest BCUT2D eigenvalue weighted by atomic mass is 35.5. The predicted octanol–water partition coefficient (Wildman–Crippen LogP) is 3.26. The molecule has 7 heteroatoms. The number of imidazole rings is 1. The Labute approximate surface area is 129 Å². The summed E-state index contributed by atoms with van der Waals surface area (Å²) in [5, 5.41) is 2.47. The van der Waals surface area contributed by atoms with Crippen LogP contribution < -0.4 is 10.5 Å². The number of hydrogen-bond donors (Lipinski definition) is 1. The number of rotatable bonds is 4. The van der Waals surface area contributed by atoms with Crippen molar-refractivity contribution in [2.45, 2.75) is 6.61 Å². The van der Waals surface area contributed by atoms with E-state index in [1.807, 2.05) is 22.2 Å². The number of nitrogens with two attached hydrogens (primary N) is 1. The highest BCUT2D eigenvalue weighted by Gasteiger charge is 2.07. The molecule has 3 rings (SSSR count). The summed E-state index contributed by atoms with van der Waals surface area (Å²) in [5.41, 5.74) is 7.07. The summed E-state index contributed by atoms with van der Waals surface area (Å²) in [7, 11) is 0. The molecule has 0 saturated heterocycles. The number of nitrogens with zero attached hydrogens (tertiary/aromatic N) is 2. The average Bonchev–Trinajstić information content (AvgIpc) is 2.96. The van der Waals surface area contributed by atoms with Gasteiger partial charge in [0.15, 0.2) is 4.96 Å². The third kappa shape index (κ3) is 2.63. The van der Waals surface area contributed by atoms with E-state index in [4.69, 9.17) is 34.3 Å². The van der Waals surface area contributed by atoms with Gasteiger partial charge in [-0.3, -0.25) is 4.40 Å². The van der Waals surface area contributed by atoms with E-state index in [0.29, 0.717) is 22.9 Å². The average molecular weight is 324 g/mol. The summed E-state index contributed by atoms with van der Waals surface area (Å²) in [6.45, 7) is 0.386. The van der Waals surface area contributed by atoms with E-state index in [1.165, 1.54) is 0 Å². The maximum absolute atomic E-state index is 6.09. The lowest BCUT2D eigenvalue weighted by Crippen LogP contribution is -2.09. The van der Waals surface area contributed by atoms with Crippen molar-refractivity contribution < 1.29 is 4.74 Å². The number of thiazole rings is 1. The summed E-state index contributed by atoms with van der Waals surface area (Å²) < 4.78 is 7.63. The molecule has 0 aliphatic heterocycles. The third-order valence-corrected chi connectivity index (χ3v) is 4.04. The molecule has 0 fully saturated rings. The molecular formula is C13H10ClN3OS2. The van der Waals surface area contributed by atoms with Crippen molar-refractivity contribution in [1.82, 2.24) is 9.38 Å². The second kappa shape index (κ2) is 5.40. The van der Waals surface area contributed by atoms with Gasteiger partial charge >= 0.3 is 0 Å². The van der Waals surface area contributed by atoms with Crippen molar-refractivity contribution in [3.63, 3.8) is 0 Å². The van der Waals surface area contributed by atoms with E-state index in [0.717, 1.165) is 10.7 Å². The Morgan fingerprint density at radius 2 is 2.35 bits per heavy atom. The normalized spacial score (nSPS) is 10.8. The van der Waals surface area contributed by atoms with Crippen LogP contribution in [0.2, 0.25) is 5.02 Å². The molecule has 20 heavy (non-hydrogen) atoms. The first-order valence-corrected chi connectivity index (χ1v) is 7.43. The Morgan fingerprint density at radius 1 is 1.50 bits per heavy atom. The first-order chi connectivity index (χ1) is 9.63. The van der Waals surface area contributed by atoms with Gasteiger partial charge in [0.1, 0.15) is 17.3 Å². The Bertz CT molecular complexity index is 752. The van der Waals surface area contributed by atoms with Crippen LogP contribution >= 0.6 is 35.2 Å². The quantitative estimate of drug-likeness (QED) is 0.749. The van der Waals surface area contributed by atoms with Crippen molar-refractivity contribution in [2.75, 3.05) is 0 Å². The Kier molecular flexibility index (Phi) is 3.60. The van der Waals surface area contributed by atoms with Crippen molar-refractivity contribution >= 4 is 45.1 Å². The van der Waals surface area contributed by atoms with Gasteiger partial charge in [0.25, 0.3) is 0 Å². The molecule has 2 aromatic heterocycles. The fourth-order valence-electron chi connectivity index (χ4n) is 1.79. The smallest absolute Gasteiger partial charge is 0.193 e. The molecule has 0 spiro atoms.